The molecule has 0 radical (unpaired) electrons. The summed E-state index contributed by atoms with van der Waals surface area (Å²) in [4.78, 5) is 8.29. The van der Waals surface area contributed by atoms with Gasteiger partial charge in [-0.05, 0) is 6.07 Å². The molecule has 0 atom stereocenters. The van der Waals surface area contributed by atoms with E-state index in [1.165, 1.54) is 0 Å². The minimum atomic E-state index is 0.428. The van der Waals surface area contributed by atoms with E-state index in [9.17, 15) is 0 Å². The molecule has 0 aromatic carbocycles. The summed E-state index contributed by atoms with van der Waals surface area (Å²) in [5, 5.41) is 0. The van der Waals surface area contributed by atoms with Crippen molar-refractivity contribution in [3.8, 4) is 5.88 Å². The van der Waals surface area contributed by atoms with Gasteiger partial charge in [-0.25, -0.2) is 9.97 Å². The van der Waals surface area contributed by atoms with Gasteiger partial charge in [0.15, 0.2) is 0 Å². The molecule has 2 rings (SSSR count). The van der Waals surface area contributed by atoms with Crippen LogP contribution in [0.15, 0.2) is 30.9 Å². The maximum Gasteiger partial charge on any atom is 0.218 e. The van der Waals surface area contributed by atoms with E-state index in [-0.39, 0.29) is 0 Å². The fraction of sp³-hybridized carbons (Fsp3) is 0.273. The van der Waals surface area contributed by atoms with Crippen molar-refractivity contribution in [3.63, 3.8) is 0 Å². The molecule has 2 aromatic rings. The van der Waals surface area contributed by atoms with Crippen molar-refractivity contribution >= 4 is 11.6 Å². The minimum absolute atomic E-state index is 0.428. The predicted molar refractivity (Wildman–Crippen MR) is 61.7 cm³/mol. The van der Waals surface area contributed by atoms with Crippen molar-refractivity contribution in [1.82, 2.24) is 14.5 Å². The molecular formula is C11H12ClN3O. The molecule has 2 aromatic heterocycles. The number of hydrogen-bond acceptors (Lipinski definition) is 3. The van der Waals surface area contributed by atoms with Crippen LogP contribution >= 0.6 is 11.6 Å². The lowest BCUT2D eigenvalue weighted by atomic mass is 10.2. The van der Waals surface area contributed by atoms with E-state index in [0.29, 0.717) is 18.3 Å². The monoisotopic (exact) mass is 237 g/mol. The van der Waals surface area contributed by atoms with Gasteiger partial charge in [0.1, 0.15) is 0 Å². The number of nitrogens with zero attached hydrogens (tertiary/aromatic N) is 3. The van der Waals surface area contributed by atoms with Gasteiger partial charge in [0.2, 0.25) is 5.88 Å². The smallest absolute Gasteiger partial charge is 0.218 e. The van der Waals surface area contributed by atoms with Crippen molar-refractivity contribution in [3.05, 3.63) is 42.1 Å². The van der Waals surface area contributed by atoms with Crippen LogP contribution in [0.1, 0.15) is 11.3 Å². The van der Waals surface area contributed by atoms with Crippen molar-refractivity contribution in [2.75, 3.05) is 7.11 Å². The van der Waals surface area contributed by atoms with Crippen LogP contribution in [0.4, 0.5) is 0 Å². The topological polar surface area (TPSA) is 39.9 Å². The normalized spacial score (nSPS) is 10.4. The summed E-state index contributed by atoms with van der Waals surface area (Å²) >= 11 is 5.69. The van der Waals surface area contributed by atoms with Crippen molar-refractivity contribution in [2.45, 2.75) is 12.4 Å². The summed E-state index contributed by atoms with van der Waals surface area (Å²) < 4.78 is 7.14. The average Bonchev–Trinajstić information content (AvgIpc) is 2.77. The van der Waals surface area contributed by atoms with E-state index < -0.39 is 0 Å². The molecule has 16 heavy (non-hydrogen) atoms. The van der Waals surface area contributed by atoms with E-state index in [0.717, 1.165) is 11.3 Å². The van der Waals surface area contributed by atoms with E-state index in [4.69, 9.17) is 16.3 Å². The number of alkyl halides is 1. The Labute approximate surface area is 98.9 Å². The molecule has 0 saturated carbocycles. The van der Waals surface area contributed by atoms with Gasteiger partial charge in [-0.15, -0.1) is 11.6 Å². The van der Waals surface area contributed by atoms with Gasteiger partial charge in [-0.2, -0.15) is 0 Å². The highest BCUT2D eigenvalue weighted by molar-refractivity contribution is 6.16. The molecule has 84 valence electrons. The molecule has 0 spiro atoms. The first-order valence-electron chi connectivity index (χ1n) is 4.88. The second-order valence-corrected chi connectivity index (χ2v) is 3.61. The zero-order valence-electron chi connectivity index (χ0n) is 8.93. The fourth-order valence-electron chi connectivity index (χ4n) is 1.49. The Bertz CT molecular complexity index is 470. The number of halogens is 1. The molecular weight excluding hydrogens is 226 g/mol. The molecule has 0 aliphatic carbocycles. The van der Waals surface area contributed by atoms with Gasteiger partial charge in [-0.3, -0.25) is 0 Å². The SMILES string of the molecule is COc1ncccc1Cn1cnc(CCl)c1. The molecule has 5 heteroatoms. The molecule has 0 unspecified atom stereocenters. The molecule has 0 fully saturated rings. The standard InChI is InChI=1S/C11H12ClN3O/c1-16-11-9(3-2-4-13-11)6-15-7-10(5-12)14-8-15/h2-4,7-8H,5-6H2,1H3. The molecule has 0 saturated heterocycles. The third-order valence-corrected chi connectivity index (χ3v) is 2.49. The highest BCUT2D eigenvalue weighted by Crippen LogP contribution is 2.15. The minimum Gasteiger partial charge on any atom is -0.481 e. The van der Waals surface area contributed by atoms with Crippen LogP contribution in [0.5, 0.6) is 5.88 Å². The Kier molecular flexibility index (Phi) is 3.41. The first kappa shape index (κ1) is 11.0. The van der Waals surface area contributed by atoms with Crippen LogP contribution in [-0.4, -0.2) is 21.6 Å². The first-order valence-corrected chi connectivity index (χ1v) is 5.41. The molecule has 0 aliphatic heterocycles. The van der Waals surface area contributed by atoms with Gasteiger partial charge in [0.05, 0.1) is 31.6 Å². The molecule has 0 bridgehead atoms. The van der Waals surface area contributed by atoms with Crippen LogP contribution in [0.25, 0.3) is 0 Å². The molecule has 0 N–H and O–H groups in total. The van der Waals surface area contributed by atoms with E-state index >= 15 is 0 Å². The Morgan fingerprint density at radius 3 is 3.00 bits per heavy atom. The number of hydrogen-bond donors (Lipinski definition) is 0. The predicted octanol–water partition coefficient (Wildman–Crippen LogP) is 2.07. The number of methoxy groups -OCH3 is 1. The summed E-state index contributed by atoms with van der Waals surface area (Å²) in [6.07, 6.45) is 5.38. The first-order chi connectivity index (χ1) is 7.83. The summed E-state index contributed by atoms with van der Waals surface area (Å²) in [5.41, 5.74) is 1.88. The Hall–Kier alpha value is -1.55. The Morgan fingerprint density at radius 1 is 1.44 bits per heavy atom. The highest BCUT2D eigenvalue weighted by Gasteiger charge is 2.04. The number of rotatable bonds is 4. The maximum absolute atomic E-state index is 5.69. The zero-order valence-corrected chi connectivity index (χ0v) is 9.68. The molecule has 4 nitrogen and oxygen atoms in total. The van der Waals surface area contributed by atoms with Crippen LogP contribution < -0.4 is 4.74 Å². The van der Waals surface area contributed by atoms with Crippen molar-refractivity contribution in [1.29, 1.82) is 0 Å². The lowest BCUT2D eigenvalue weighted by molar-refractivity contribution is 0.391. The van der Waals surface area contributed by atoms with Crippen LogP contribution in [0, 0.1) is 0 Å². The summed E-state index contributed by atoms with van der Waals surface area (Å²) in [6.45, 7) is 0.681. The van der Waals surface area contributed by atoms with E-state index in [1.807, 2.05) is 22.9 Å². The van der Waals surface area contributed by atoms with Crippen LogP contribution in [-0.2, 0) is 12.4 Å². The number of imidazole rings is 1. The Morgan fingerprint density at radius 2 is 2.31 bits per heavy atom. The highest BCUT2D eigenvalue weighted by atomic mass is 35.5. The second kappa shape index (κ2) is 4.99. The number of aromatic nitrogens is 3. The Balaban J connectivity index is 2.19. The van der Waals surface area contributed by atoms with Gasteiger partial charge >= 0.3 is 0 Å². The summed E-state index contributed by atoms with van der Waals surface area (Å²) in [5.74, 6) is 1.07. The third kappa shape index (κ3) is 2.33. The summed E-state index contributed by atoms with van der Waals surface area (Å²) in [7, 11) is 1.62. The lowest BCUT2D eigenvalue weighted by Gasteiger charge is -2.06. The van der Waals surface area contributed by atoms with E-state index in [1.54, 1.807) is 19.6 Å². The molecule has 2 heterocycles. The molecule has 0 aliphatic rings. The zero-order chi connectivity index (χ0) is 11.4. The van der Waals surface area contributed by atoms with Gasteiger partial charge in [0.25, 0.3) is 0 Å². The maximum atomic E-state index is 5.69. The largest absolute Gasteiger partial charge is 0.481 e. The van der Waals surface area contributed by atoms with Crippen LogP contribution in [0.2, 0.25) is 0 Å². The van der Waals surface area contributed by atoms with Crippen molar-refractivity contribution in [2.24, 2.45) is 0 Å². The van der Waals surface area contributed by atoms with Gasteiger partial charge in [0, 0.05) is 18.0 Å². The number of ether oxygens (including phenoxy) is 1. The summed E-state index contributed by atoms with van der Waals surface area (Å²) in [6, 6.07) is 3.86. The second-order valence-electron chi connectivity index (χ2n) is 3.34. The van der Waals surface area contributed by atoms with Gasteiger partial charge < -0.3 is 9.30 Å². The van der Waals surface area contributed by atoms with E-state index in [2.05, 4.69) is 9.97 Å². The van der Waals surface area contributed by atoms with Crippen molar-refractivity contribution < 1.29 is 4.74 Å². The lowest BCUT2D eigenvalue weighted by Crippen LogP contribution is -2.00. The fourth-order valence-corrected chi connectivity index (χ4v) is 1.62. The number of pyridine rings is 1. The van der Waals surface area contributed by atoms with Crippen LogP contribution in [0.3, 0.4) is 0 Å². The average molecular weight is 238 g/mol. The van der Waals surface area contributed by atoms with Gasteiger partial charge in [-0.1, -0.05) is 6.07 Å². The molecule has 0 amide bonds. The quantitative estimate of drug-likeness (QED) is 0.765. The third-order valence-electron chi connectivity index (χ3n) is 2.22.